The van der Waals surface area contributed by atoms with Crippen molar-refractivity contribution in [2.45, 2.75) is 32.3 Å². The van der Waals surface area contributed by atoms with Gasteiger partial charge in [0.1, 0.15) is 11.4 Å². The molecule has 0 fully saturated rings. The molecule has 0 bridgehead atoms. The van der Waals surface area contributed by atoms with E-state index < -0.39 is 11.7 Å². The summed E-state index contributed by atoms with van der Waals surface area (Å²) < 4.78 is 5.49. The van der Waals surface area contributed by atoms with Crippen molar-refractivity contribution < 1.29 is 14.6 Å². The van der Waals surface area contributed by atoms with Crippen LogP contribution in [-0.4, -0.2) is 29.2 Å². The number of carbonyl (C=O) groups is 1. The number of benzene rings is 2. The summed E-state index contributed by atoms with van der Waals surface area (Å²) in [5.41, 5.74) is 0.834. The van der Waals surface area contributed by atoms with Gasteiger partial charge in [-0.2, -0.15) is 0 Å². The van der Waals surface area contributed by atoms with E-state index in [4.69, 9.17) is 16.3 Å². The monoisotopic (exact) mass is 333 g/mol. The van der Waals surface area contributed by atoms with Gasteiger partial charge in [-0.15, -0.1) is 11.6 Å². The van der Waals surface area contributed by atoms with Gasteiger partial charge in [0.25, 0.3) is 0 Å². The zero-order chi connectivity index (χ0) is 16.8. The predicted octanol–water partition coefficient (Wildman–Crippen LogP) is 4.62. The van der Waals surface area contributed by atoms with E-state index in [2.05, 4.69) is 0 Å². The quantitative estimate of drug-likeness (QED) is 0.774. The highest BCUT2D eigenvalue weighted by molar-refractivity contribution is 6.19. The third-order valence-corrected chi connectivity index (χ3v) is 4.31. The van der Waals surface area contributed by atoms with Crippen molar-refractivity contribution in [1.82, 2.24) is 0 Å². The number of halogens is 1. The van der Waals surface area contributed by atoms with Crippen molar-refractivity contribution in [3.05, 3.63) is 35.9 Å². The standard InChI is InChI=1S/C18H20ClNO3/c1-18(2,3)23-17(22)20-10-12(9-19)15-14(20)8-11-6-4-5-7-13(11)16(15)21/h4-8,12,21H,9-10H2,1-3H3/t12-/m0/s1. The minimum Gasteiger partial charge on any atom is -0.507 e. The molecular weight excluding hydrogens is 314 g/mol. The molecule has 0 saturated heterocycles. The van der Waals surface area contributed by atoms with E-state index in [9.17, 15) is 9.90 Å². The number of ether oxygens (including phenoxy) is 1. The molecule has 0 radical (unpaired) electrons. The summed E-state index contributed by atoms with van der Waals surface area (Å²) in [6.45, 7) is 5.91. The summed E-state index contributed by atoms with van der Waals surface area (Å²) in [5, 5.41) is 12.3. The molecule has 23 heavy (non-hydrogen) atoms. The molecule has 0 aromatic heterocycles. The van der Waals surface area contributed by atoms with Crippen LogP contribution < -0.4 is 4.90 Å². The van der Waals surface area contributed by atoms with Gasteiger partial charge in [0, 0.05) is 29.3 Å². The van der Waals surface area contributed by atoms with Gasteiger partial charge in [-0.3, -0.25) is 4.90 Å². The van der Waals surface area contributed by atoms with Crippen molar-refractivity contribution in [3.63, 3.8) is 0 Å². The Balaban J connectivity index is 2.11. The topological polar surface area (TPSA) is 49.8 Å². The van der Waals surface area contributed by atoms with Crippen LogP contribution in [0.4, 0.5) is 10.5 Å². The second kappa shape index (κ2) is 5.60. The van der Waals surface area contributed by atoms with Crippen molar-refractivity contribution in [1.29, 1.82) is 0 Å². The Hall–Kier alpha value is -1.94. The van der Waals surface area contributed by atoms with Crippen LogP contribution in [0.25, 0.3) is 10.8 Å². The first-order chi connectivity index (χ1) is 10.8. The van der Waals surface area contributed by atoms with E-state index >= 15 is 0 Å². The zero-order valence-electron chi connectivity index (χ0n) is 13.5. The molecule has 1 aliphatic heterocycles. The fourth-order valence-corrected chi connectivity index (χ4v) is 3.23. The Bertz CT molecular complexity index is 767. The molecule has 3 rings (SSSR count). The summed E-state index contributed by atoms with van der Waals surface area (Å²) in [7, 11) is 0. The van der Waals surface area contributed by atoms with Crippen LogP contribution in [0.3, 0.4) is 0 Å². The first kappa shape index (κ1) is 15.9. The van der Waals surface area contributed by atoms with E-state index in [1.165, 1.54) is 0 Å². The Morgan fingerprint density at radius 1 is 1.39 bits per heavy atom. The van der Waals surface area contributed by atoms with Crippen molar-refractivity contribution in [3.8, 4) is 5.75 Å². The molecule has 0 spiro atoms. The molecule has 1 amide bonds. The van der Waals surface area contributed by atoms with Crippen LogP contribution in [0.1, 0.15) is 32.3 Å². The molecule has 0 aliphatic carbocycles. The normalized spacial score (nSPS) is 17.4. The molecule has 1 heterocycles. The van der Waals surface area contributed by atoms with Crippen molar-refractivity contribution >= 4 is 34.2 Å². The van der Waals surface area contributed by atoms with E-state index in [-0.39, 0.29) is 11.7 Å². The molecule has 2 aromatic carbocycles. The number of hydrogen-bond donors (Lipinski definition) is 1. The molecule has 0 saturated carbocycles. The number of hydrogen-bond acceptors (Lipinski definition) is 3. The number of nitrogens with zero attached hydrogens (tertiary/aromatic N) is 1. The zero-order valence-corrected chi connectivity index (χ0v) is 14.2. The van der Waals surface area contributed by atoms with E-state index in [1.54, 1.807) is 4.90 Å². The molecule has 2 aromatic rings. The molecule has 1 N–H and O–H groups in total. The van der Waals surface area contributed by atoms with Crippen LogP contribution in [0.2, 0.25) is 0 Å². The Labute approximate surface area is 140 Å². The summed E-state index contributed by atoms with van der Waals surface area (Å²) in [6, 6.07) is 9.48. The number of phenols is 1. The number of phenolic OH excluding ortho intramolecular Hbond substituents is 1. The Morgan fingerprint density at radius 2 is 2.09 bits per heavy atom. The number of rotatable bonds is 1. The maximum Gasteiger partial charge on any atom is 0.414 e. The maximum absolute atomic E-state index is 12.5. The third kappa shape index (κ3) is 2.83. The maximum atomic E-state index is 12.5. The number of alkyl halides is 1. The number of aromatic hydroxyl groups is 1. The second-order valence-corrected chi connectivity index (χ2v) is 7.13. The van der Waals surface area contributed by atoms with Crippen LogP contribution in [0.15, 0.2) is 30.3 Å². The summed E-state index contributed by atoms with van der Waals surface area (Å²) in [4.78, 5) is 14.1. The highest BCUT2D eigenvalue weighted by atomic mass is 35.5. The number of anilines is 1. The molecular formula is C18H20ClNO3. The number of carbonyl (C=O) groups excluding carboxylic acids is 1. The van der Waals surface area contributed by atoms with Crippen molar-refractivity contribution in [2.24, 2.45) is 0 Å². The van der Waals surface area contributed by atoms with Gasteiger partial charge in [-0.1, -0.05) is 24.3 Å². The Kier molecular flexibility index (Phi) is 3.88. The summed E-state index contributed by atoms with van der Waals surface area (Å²) in [5.74, 6) is 0.427. The van der Waals surface area contributed by atoms with E-state index in [0.29, 0.717) is 18.1 Å². The van der Waals surface area contributed by atoms with Crippen LogP contribution in [0, 0.1) is 0 Å². The van der Waals surface area contributed by atoms with Gasteiger partial charge in [-0.25, -0.2) is 4.79 Å². The van der Waals surface area contributed by atoms with Gasteiger partial charge in [0.15, 0.2) is 0 Å². The first-order valence-corrected chi connectivity index (χ1v) is 8.16. The van der Waals surface area contributed by atoms with Gasteiger partial charge in [-0.05, 0) is 32.2 Å². The highest BCUT2D eigenvalue weighted by Gasteiger charge is 2.37. The molecule has 1 aliphatic rings. The SMILES string of the molecule is CC(C)(C)OC(=O)N1C[C@H](CCl)c2c1cc1ccccc1c2O. The largest absolute Gasteiger partial charge is 0.507 e. The summed E-state index contributed by atoms with van der Waals surface area (Å²) in [6.07, 6.45) is -0.416. The fourth-order valence-electron chi connectivity index (χ4n) is 2.98. The average molecular weight is 334 g/mol. The summed E-state index contributed by atoms with van der Waals surface area (Å²) >= 11 is 6.07. The van der Waals surface area contributed by atoms with Crippen LogP contribution >= 0.6 is 11.6 Å². The number of fused-ring (bicyclic) bond motifs is 2. The van der Waals surface area contributed by atoms with Gasteiger partial charge in [0.2, 0.25) is 0 Å². The lowest BCUT2D eigenvalue weighted by Crippen LogP contribution is -2.36. The van der Waals surface area contributed by atoms with Gasteiger partial charge >= 0.3 is 6.09 Å². The second-order valence-electron chi connectivity index (χ2n) is 6.82. The fraction of sp³-hybridized carbons (Fsp3) is 0.389. The van der Waals surface area contributed by atoms with Crippen LogP contribution in [0.5, 0.6) is 5.75 Å². The highest BCUT2D eigenvalue weighted by Crippen LogP contribution is 2.46. The molecule has 4 nitrogen and oxygen atoms in total. The minimum atomic E-state index is -0.574. The van der Waals surface area contributed by atoms with E-state index in [0.717, 1.165) is 16.3 Å². The van der Waals surface area contributed by atoms with E-state index in [1.807, 2.05) is 51.1 Å². The predicted molar refractivity (Wildman–Crippen MR) is 92.7 cm³/mol. The molecule has 1 atom stereocenters. The lowest BCUT2D eigenvalue weighted by Gasteiger charge is -2.25. The van der Waals surface area contributed by atoms with Gasteiger partial charge < -0.3 is 9.84 Å². The minimum absolute atomic E-state index is 0.108. The molecule has 122 valence electrons. The average Bonchev–Trinajstić information content (AvgIpc) is 2.85. The number of amides is 1. The third-order valence-electron chi connectivity index (χ3n) is 3.94. The molecule has 5 heteroatoms. The smallest absolute Gasteiger partial charge is 0.414 e. The molecule has 0 unspecified atom stereocenters. The lowest BCUT2D eigenvalue weighted by molar-refractivity contribution is 0.0582. The Morgan fingerprint density at radius 3 is 2.74 bits per heavy atom. The van der Waals surface area contributed by atoms with Crippen LogP contribution in [-0.2, 0) is 4.74 Å². The lowest BCUT2D eigenvalue weighted by atomic mass is 9.97. The van der Waals surface area contributed by atoms with Gasteiger partial charge in [0.05, 0.1) is 5.69 Å². The van der Waals surface area contributed by atoms with Crippen molar-refractivity contribution in [2.75, 3.05) is 17.3 Å². The first-order valence-electron chi connectivity index (χ1n) is 7.63.